The van der Waals surface area contributed by atoms with Crippen molar-refractivity contribution in [2.75, 3.05) is 13.2 Å². The highest BCUT2D eigenvalue weighted by Gasteiger charge is 2.25. The Morgan fingerprint density at radius 2 is 2.29 bits per heavy atom. The maximum Gasteiger partial charge on any atom is 0.293 e. The van der Waals surface area contributed by atoms with Gasteiger partial charge in [0.1, 0.15) is 6.61 Å². The Morgan fingerprint density at radius 3 is 3.12 bits per heavy atom. The van der Waals surface area contributed by atoms with Gasteiger partial charge in [0, 0.05) is 6.54 Å². The Bertz CT molecular complexity index is 465. The number of hydrogen-bond acceptors (Lipinski definition) is 3. The van der Waals surface area contributed by atoms with Gasteiger partial charge in [-0.05, 0) is 29.5 Å². The van der Waals surface area contributed by atoms with E-state index in [9.17, 15) is 0 Å². The highest BCUT2D eigenvalue weighted by atomic mass is 16.5. The van der Waals surface area contributed by atoms with Gasteiger partial charge in [-0.3, -0.25) is 0 Å². The number of rotatable bonds is 2. The normalized spacial score (nSPS) is 17.6. The van der Waals surface area contributed by atoms with Crippen molar-refractivity contribution in [3.05, 3.63) is 29.3 Å². The average Bonchev–Trinajstić information content (AvgIpc) is 2.72. The fourth-order valence-electron chi connectivity index (χ4n) is 2.47. The molecule has 1 fully saturated rings. The van der Waals surface area contributed by atoms with Crippen molar-refractivity contribution in [3.63, 3.8) is 0 Å². The van der Waals surface area contributed by atoms with E-state index in [1.807, 2.05) is 0 Å². The third kappa shape index (κ3) is 2.02. The number of aliphatic imine (C=N–C) groups is 1. The van der Waals surface area contributed by atoms with Crippen LogP contribution in [-0.4, -0.2) is 24.1 Å². The maximum atomic E-state index is 5.48. The predicted molar refractivity (Wildman–Crippen MR) is 68.4 cm³/mol. The van der Waals surface area contributed by atoms with Gasteiger partial charge in [0.05, 0.1) is 12.2 Å². The molecular weight excluding hydrogens is 212 g/mol. The highest BCUT2D eigenvalue weighted by Crippen LogP contribution is 2.29. The summed E-state index contributed by atoms with van der Waals surface area (Å²) in [6.07, 6.45) is 1.14. The molecule has 0 aliphatic carbocycles. The first-order valence-electron chi connectivity index (χ1n) is 6.30. The number of benzene rings is 1. The summed E-state index contributed by atoms with van der Waals surface area (Å²) in [5, 5.41) is 0. The van der Waals surface area contributed by atoms with E-state index < -0.39 is 0 Å². The minimum Gasteiger partial charge on any atom is -0.463 e. The third-order valence-corrected chi connectivity index (χ3v) is 3.23. The van der Waals surface area contributed by atoms with Crippen LogP contribution in [0.25, 0.3) is 0 Å². The topological polar surface area (TPSA) is 24.8 Å². The van der Waals surface area contributed by atoms with Crippen molar-refractivity contribution < 1.29 is 4.74 Å². The molecule has 0 atom stereocenters. The van der Waals surface area contributed by atoms with Crippen molar-refractivity contribution in [2.24, 2.45) is 10.9 Å². The molecule has 0 amide bonds. The highest BCUT2D eigenvalue weighted by molar-refractivity contribution is 5.81. The zero-order valence-electron chi connectivity index (χ0n) is 10.4. The van der Waals surface area contributed by atoms with Crippen LogP contribution in [0.15, 0.2) is 23.2 Å². The van der Waals surface area contributed by atoms with Gasteiger partial charge in [0.25, 0.3) is 6.02 Å². The van der Waals surface area contributed by atoms with E-state index in [0.29, 0.717) is 5.92 Å². The third-order valence-electron chi connectivity index (χ3n) is 3.23. The van der Waals surface area contributed by atoms with E-state index in [1.54, 1.807) is 0 Å². The van der Waals surface area contributed by atoms with Gasteiger partial charge in [-0.2, -0.15) is 4.99 Å². The molecule has 0 bridgehead atoms. The van der Waals surface area contributed by atoms with Gasteiger partial charge in [0.15, 0.2) is 0 Å². The van der Waals surface area contributed by atoms with Crippen molar-refractivity contribution in [3.8, 4) is 0 Å². The van der Waals surface area contributed by atoms with Gasteiger partial charge in [-0.25, -0.2) is 0 Å². The molecule has 2 heterocycles. The summed E-state index contributed by atoms with van der Waals surface area (Å²) in [4.78, 5) is 6.76. The van der Waals surface area contributed by atoms with Crippen LogP contribution in [0, 0.1) is 5.92 Å². The van der Waals surface area contributed by atoms with Crippen molar-refractivity contribution >= 4 is 11.7 Å². The van der Waals surface area contributed by atoms with E-state index >= 15 is 0 Å². The lowest BCUT2D eigenvalue weighted by Gasteiger charge is -2.22. The molecule has 3 rings (SSSR count). The fraction of sp³-hybridized carbons (Fsp3) is 0.500. The molecule has 0 saturated carbocycles. The first kappa shape index (κ1) is 10.6. The SMILES string of the molecule is CC(C)Cc1ccc2c(c1)CN1CCOC1=N2. The summed E-state index contributed by atoms with van der Waals surface area (Å²) in [6.45, 7) is 7.19. The standard InChI is InChI=1S/C14H18N2O/c1-10(2)7-11-3-4-13-12(8-11)9-16-5-6-17-14(16)15-13/h3-4,8,10H,5-7,9H2,1-2H3. The minimum absolute atomic E-state index is 0.700. The zero-order valence-corrected chi connectivity index (χ0v) is 10.4. The molecule has 3 nitrogen and oxygen atoms in total. The Kier molecular flexibility index (Phi) is 2.54. The summed E-state index contributed by atoms with van der Waals surface area (Å²) in [6, 6.07) is 7.41. The van der Waals surface area contributed by atoms with Gasteiger partial charge < -0.3 is 9.64 Å². The van der Waals surface area contributed by atoms with E-state index in [1.165, 1.54) is 11.1 Å². The maximum absolute atomic E-state index is 5.48. The van der Waals surface area contributed by atoms with Crippen LogP contribution in [0.5, 0.6) is 0 Å². The Balaban J connectivity index is 1.91. The number of hydrogen-bond donors (Lipinski definition) is 0. The van der Waals surface area contributed by atoms with E-state index in [2.05, 4.69) is 41.9 Å². The van der Waals surface area contributed by atoms with Crippen LogP contribution >= 0.6 is 0 Å². The summed E-state index contributed by atoms with van der Waals surface area (Å²) >= 11 is 0. The monoisotopic (exact) mass is 230 g/mol. The van der Waals surface area contributed by atoms with Crippen LogP contribution in [0.3, 0.4) is 0 Å². The Hall–Kier alpha value is -1.51. The smallest absolute Gasteiger partial charge is 0.293 e. The number of ether oxygens (including phenoxy) is 1. The molecule has 17 heavy (non-hydrogen) atoms. The number of amidine groups is 1. The second kappa shape index (κ2) is 4.06. The van der Waals surface area contributed by atoms with Crippen LogP contribution < -0.4 is 0 Å². The van der Waals surface area contributed by atoms with Crippen molar-refractivity contribution in [1.82, 2.24) is 4.90 Å². The van der Waals surface area contributed by atoms with Crippen LogP contribution in [0.2, 0.25) is 0 Å². The molecule has 90 valence electrons. The largest absolute Gasteiger partial charge is 0.463 e. The molecule has 1 saturated heterocycles. The number of fused-ring (bicyclic) bond motifs is 2. The van der Waals surface area contributed by atoms with E-state index in [-0.39, 0.29) is 0 Å². The first-order chi connectivity index (χ1) is 8.22. The second-order valence-electron chi connectivity index (χ2n) is 5.23. The molecule has 0 radical (unpaired) electrons. The Morgan fingerprint density at radius 1 is 1.41 bits per heavy atom. The molecule has 1 aromatic rings. The summed E-state index contributed by atoms with van der Waals surface area (Å²) in [7, 11) is 0. The lowest BCUT2D eigenvalue weighted by Crippen LogP contribution is -2.27. The summed E-state index contributed by atoms with van der Waals surface area (Å²) < 4.78 is 5.48. The molecule has 0 N–H and O–H groups in total. The van der Waals surface area contributed by atoms with E-state index in [4.69, 9.17) is 4.74 Å². The lowest BCUT2D eigenvalue weighted by atomic mass is 9.99. The Labute approximate surface area is 102 Å². The minimum atomic E-state index is 0.700. The molecule has 0 aromatic heterocycles. The molecule has 3 heteroatoms. The summed E-state index contributed by atoms with van der Waals surface area (Å²) in [5.41, 5.74) is 3.82. The summed E-state index contributed by atoms with van der Waals surface area (Å²) in [5.74, 6) is 0.700. The van der Waals surface area contributed by atoms with Crippen molar-refractivity contribution in [2.45, 2.75) is 26.8 Å². The van der Waals surface area contributed by atoms with Crippen LogP contribution in [0.4, 0.5) is 5.69 Å². The van der Waals surface area contributed by atoms with Crippen LogP contribution in [-0.2, 0) is 17.7 Å². The molecule has 0 unspecified atom stereocenters. The quantitative estimate of drug-likeness (QED) is 0.780. The van der Waals surface area contributed by atoms with Gasteiger partial charge in [-0.15, -0.1) is 0 Å². The molecule has 2 aliphatic rings. The van der Waals surface area contributed by atoms with Crippen LogP contribution in [0.1, 0.15) is 25.0 Å². The van der Waals surface area contributed by atoms with Gasteiger partial charge >= 0.3 is 0 Å². The molecule has 2 aliphatic heterocycles. The lowest BCUT2D eigenvalue weighted by molar-refractivity contribution is 0.350. The predicted octanol–water partition coefficient (Wildman–Crippen LogP) is 2.72. The van der Waals surface area contributed by atoms with E-state index in [0.717, 1.165) is 37.8 Å². The average molecular weight is 230 g/mol. The fourth-order valence-corrected chi connectivity index (χ4v) is 2.47. The molecular formula is C14H18N2O. The number of nitrogens with zero attached hydrogens (tertiary/aromatic N) is 2. The van der Waals surface area contributed by atoms with Gasteiger partial charge in [-0.1, -0.05) is 26.0 Å². The molecule has 0 spiro atoms. The van der Waals surface area contributed by atoms with Gasteiger partial charge in [0.2, 0.25) is 0 Å². The van der Waals surface area contributed by atoms with Crippen molar-refractivity contribution in [1.29, 1.82) is 0 Å². The molecule has 1 aromatic carbocycles. The second-order valence-corrected chi connectivity index (χ2v) is 5.23. The first-order valence-corrected chi connectivity index (χ1v) is 6.30. The zero-order chi connectivity index (χ0) is 11.8.